The molecule has 110 valence electrons. The Bertz CT molecular complexity index is 772. The Kier molecular flexibility index (Phi) is 4.35. The van der Waals surface area contributed by atoms with Gasteiger partial charge in [0.15, 0.2) is 0 Å². The van der Waals surface area contributed by atoms with Crippen LogP contribution in [0.5, 0.6) is 0 Å². The Balaban J connectivity index is 2.15. The van der Waals surface area contributed by atoms with E-state index in [0.717, 1.165) is 17.7 Å². The van der Waals surface area contributed by atoms with Gasteiger partial charge in [0.25, 0.3) is 0 Å². The maximum atomic E-state index is 12.2. The second-order valence-electron chi connectivity index (χ2n) is 4.44. The molecule has 2 heterocycles. The summed E-state index contributed by atoms with van der Waals surface area (Å²) in [4.78, 5) is 3.79. The molecule has 0 bridgehead atoms. The quantitative estimate of drug-likeness (QED) is 0.877. The molecule has 1 N–H and O–H groups in total. The fraction of sp³-hybridized carbons (Fsp3) is 0.308. The SMILES string of the molecule is CCc1nn(C)cc1CNS(=O)(=O)c1ccc(C#N)nc1. The molecule has 0 spiro atoms. The predicted octanol–water partition coefficient (Wildman–Crippen LogP) is 0.728. The number of sulfonamides is 1. The second-order valence-corrected chi connectivity index (χ2v) is 6.21. The molecule has 7 nitrogen and oxygen atoms in total. The highest BCUT2D eigenvalue weighted by Crippen LogP contribution is 2.11. The van der Waals surface area contributed by atoms with E-state index >= 15 is 0 Å². The van der Waals surface area contributed by atoms with Gasteiger partial charge in [-0.05, 0) is 18.6 Å². The Morgan fingerprint density at radius 3 is 2.76 bits per heavy atom. The fourth-order valence-electron chi connectivity index (χ4n) is 1.89. The minimum Gasteiger partial charge on any atom is -0.275 e. The molecule has 2 aromatic rings. The summed E-state index contributed by atoms with van der Waals surface area (Å²) in [5.74, 6) is 0. The highest BCUT2D eigenvalue weighted by atomic mass is 32.2. The summed E-state index contributed by atoms with van der Waals surface area (Å²) in [6.45, 7) is 2.13. The molecule has 0 amide bonds. The zero-order chi connectivity index (χ0) is 15.5. The van der Waals surface area contributed by atoms with Gasteiger partial charge in [-0.2, -0.15) is 10.4 Å². The highest BCUT2D eigenvalue weighted by molar-refractivity contribution is 7.89. The molecule has 2 rings (SSSR count). The first kappa shape index (κ1) is 15.2. The predicted molar refractivity (Wildman–Crippen MR) is 75.6 cm³/mol. The Labute approximate surface area is 123 Å². The summed E-state index contributed by atoms with van der Waals surface area (Å²) in [5.41, 5.74) is 1.87. The van der Waals surface area contributed by atoms with E-state index in [4.69, 9.17) is 5.26 Å². The third-order valence-electron chi connectivity index (χ3n) is 2.94. The number of rotatable bonds is 5. The molecule has 21 heavy (non-hydrogen) atoms. The van der Waals surface area contributed by atoms with E-state index < -0.39 is 10.0 Å². The standard InChI is InChI=1S/C13H15N5O2S/c1-3-13-10(9-18(2)17-13)7-16-21(19,20)12-5-4-11(6-14)15-8-12/h4-5,8-9,16H,3,7H2,1-2H3. The molecule has 8 heteroatoms. The molecular formula is C13H15N5O2S. The number of hydrogen-bond acceptors (Lipinski definition) is 5. The average Bonchev–Trinajstić information content (AvgIpc) is 2.85. The zero-order valence-corrected chi connectivity index (χ0v) is 12.6. The van der Waals surface area contributed by atoms with Crippen molar-refractivity contribution in [3.05, 3.63) is 41.5 Å². The lowest BCUT2D eigenvalue weighted by atomic mass is 10.2. The number of nitriles is 1. The molecule has 0 aromatic carbocycles. The van der Waals surface area contributed by atoms with Gasteiger partial charge in [0.1, 0.15) is 16.7 Å². The van der Waals surface area contributed by atoms with Crippen LogP contribution in [0.15, 0.2) is 29.4 Å². The molecule has 0 radical (unpaired) electrons. The van der Waals surface area contributed by atoms with Crippen LogP contribution in [0.1, 0.15) is 23.9 Å². The molecular weight excluding hydrogens is 290 g/mol. The van der Waals surface area contributed by atoms with Gasteiger partial charge in [0.2, 0.25) is 10.0 Å². The normalized spacial score (nSPS) is 11.3. The minimum absolute atomic E-state index is 0.0310. The first-order valence-electron chi connectivity index (χ1n) is 6.33. The van der Waals surface area contributed by atoms with Gasteiger partial charge in [-0.3, -0.25) is 4.68 Å². The molecule has 0 unspecified atom stereocenters. The van der Waals surface area contributed by atoms with Gasteiger partial charge in [-0.25, -0.2) is 18.1 Å². The number of nitrogens with one attached hydrogen (secondary N) is 1. The van der Waals surface area contributed by atoms with Crippen LogP contribution in [0.2, 0.25) is 0 Å². The van der Waals surface area contributed by atoms with Crippen molar-refractivity contribution in [3.8, 4) is 6.07 Å². The lowest BCUT2D eigenvalue weighted by Crippen LogP contribution is -2.23. The number of nitrogens with zero attached hydrogens (tertiary/aromatic N) is 4. The van der Waals surface area contributed by atoms with Crippen LogP contribution in [0, 0.1) is 11.3 Å². The molecule has 2 aromatic heterocycles. The highest BCUT2D eigenvalue weighted by Gasteiger charge is 2.16. The molecule has 0 atom stereocenters. The summed E-state index contributed by atoms with van der Waals surface area (Å²) in [7, 11) is -1.86. The number of pyridine rings is 1. The van der Waals surface area contributed by atoms with Gasteiger partial charge in [-0.1, -0.05) is 6.92 Å². The maximum absolute atomic E-state index is 12.2. The summed E-state index contributed by atoms with van der Waals surface area (Å²) in [6, 6.07) is 4.57. The van der Waals surface area contributed by atoms with Gasteiger partial charge < -0.3 is 0 Å². The molecule has 0 saturated heterocycles. The lowest BCUT2D eigenvalue weighted by molar-refractivity contribution is 0.580. The van der Waals surface area contributed by atoms with Crippen LogP contribution < -0.4 is 4.72 Å². The first-order chi connectivity index (χ1) is 9.96. The molecule has 0 aliphatic heterocycles. The van der Waals surface area contributed by atoms with Crippen LogP contribution in [-0.4, -0.2) is 23.2 Å². The third-order valence-corrected chi connectivity index (χ3v) is 4.33. The van der Waals surface area contributed by atoms with Crippen molar-refractivity contribution in [1.82, 2.24) is 19.5 Å². The van der Waals surface area contributed by atoms with Crippen molar-refractivity contribution < 1.29 is 8.42 Å². The van der Waals surface area contributed by atoms with Crippen molar-refractivity contribution in [2.45, 2.75) is 24.8 Å². The van der Waals surface area contributed by atoms with Crippen LogP contribution in [0.3, 0.4) is 0 Å². The van der Waals surface area contributed by atoms with E-state index in [1.165, 1.54) is 18.3 Å². The van der Waals surface area contributed by atoms with Crippen LogP contribution in [0.25, 0.3) is 0 Å². The zero-order valence-electron chi connectivity index (χ0n) is 11.7. The van der Waals surface area contributed by atoms with Gasteiger partial charge in [-0.15, -0.1) is 0 Å². The second kappa shape index (κ2) is 6.03. The van der Waals surface area contributed by atoms with E-state index in [1.807, 2.05) is 13.0 Å². The topological polar surface area (TPSA) is 101 Å². The number of hydrogen-bond donors (Lipinski definition) is 1. The maximum Gasteiger partial charge on any atom is 0.242 e. The van der Waals surface area contributed by atoms with E-state index in [2.05, 4.69) is 14.8 Å². The van der Waals surface area contributed by atoms with Gasteiger partial charge in [0.05, 0.1) is 5.69 Å². The van der Waals surface area contributed by atoms with Crippen molar-refractivity contribution in [3.63, 3.8) is 0 Å². The van der Waals surface area contributed by atoms with Crippen molar-refractivity contribution >= 4 is 10.0 Å². The van der Waals surface area contributed by atoms with E-state index in [1.54, 1.807) is 17.9 Å². The summed E-state index contributed by atoms with van der Waals surface area (Å²) < 4.78 is 28.5. The van der Waals surface area contributed by atoms with Crippen LogP contribution in [0.4, 0.5) is 0 Å². The van der Waals surface area contributed by atoms with E-state index in [-0.39, 0.29) is 17.1 Å². The summed E-state index contributed by atoms with van der Waals surface area (Å²) in [5, 5.41) is 12.9. The number of aryl methyl sites for hydroxylation is 2. The van der Waals surface area contributed by atoms with Crippen LogP contribution in [-0.2, 0) is 30.0 Å². The summed E-state index contributed by atoms with van der Waals surface area (Å²) in [6.07, 6.45) is 3.69. The van der Waals surface area contributed by atoms with Gasteiger partial charge >= 0.3 is 0 Å². The Morgan fingerprint density at radius 1 is 1.43 bits per heavy atom. The largest absolute Gasteiger partial charge is 0.275 e. The van der Waals surface area contributed by atoms with Crippen molar-refractivity contribution in [1.29, 1.82) is 5.26 Å². The fourth-order valence-corrected chi connectivity index (χ4v) is 2.84. The molecule has 0 aliphatic rings. The molecule has 0 saturated carbocycles. The first-order valence-corrected chi connectivity index (χ1v) is 7.81. The Morgan fingerprint density at radius 2 is 2.19 bits per heavy atom. The third kappa shape index (κ3) is 3.45. The van der Waals surface area contributed by atoms with Crippen molar-refractivity contribution in [2.75, 3.05) is 0 Å². The molecule has 0 aliphatic carbocycles. The van der Waals surface area contributed by atoms with E-state index in [9.17, 15) is 8.42 Å². The lowest BCUT2D eigenvalue weighted by Gasteiger charge is -2.06. The van der Waals surface area contributed by atoms with Crippen molar-refractivity contribution in [2.24, 2.45) is 7.05 Å². The van der Waals surface area contributed by atoms with Gasteiger partial charge in [0, 0.05) is 31.5 Å². The smallest absolute Gasteiger partial charge is 0.242 e. The monoisotopic (exact) mass is 305 g/mol. The summed E-state index contributed by atoms with van der Waals surface area (Å²) >= 11 is 0. The van der Waals surface area contributed by atoms with Crippen LogP contribution >= 0.6 is 0 Å². The number of aromatic nitrogens is 3. The average molecular weight is 305 g/mol. The van der Waals surface area contributed by atoms with E-state index in [0.29, 0.717) is 0 Å². The minimum atomic E-state index is -3.66. The Hall–Kier alpha value is -2.24. The molecule has 0 fully saturated rings.